The van der Waals surface area contributed by atoms with E-state index >= 15 is 0 Å². The lowest BCUT2D eigenvalue weighted by Crippen LogP contribution is -2.14. The van der Waals surface area contributed by atoms with Crippen LogP contribution in [0.3, 0.4) is 0 Å². The third kappa shape index (κ3) is 3.42. The van der Waals surface area contributed by atoms with Crippen molar-refractivity contribution in [3.63, 3.8) is 0 Å². The van der Waals surface area contributed by atoms with Gasteiger partial charge in [-0.15, -0.1) is 0 Å². The van der Waals surface area contributed by atoms with E-state index < -0.39 is 14.9 Å². The molecular formula is C17H16N4O4S. The Morgan fingerprint density at radius 3 is 2.54 bits per heavy atom. The summed E-state index contributed by atoms with van der Waals surface area (Å²) >= 11 is 0. The lowest BCUT2D eigenvalue weighted by Gasteiger charge is -2.12. The number of hydrogen-bond donors (Lipinski definition) is 1. The molecule has 0 amide bonds. The molecule has 0 radical (unpaired) electrons. The Bertz CT molecular complexity index is 1080. The summed E-state index contributed by atoms with van der Waals surface area (Å²) in [6.07, 6.45) is 4.44. The van der Waals surface area contributed by atoms with Crippen LogP contribution in [-0.2, 0) is 10.0 Å². The molecule has 1 N–H and O–H groups in total. The van der Waals surface area contributed by atoms with Crippen molar-refractivity contribution in [1.29, 1.82) is 0 Å². The molecule has 0 aliphatic heterocycles. The van der Waals surface area contributed by atoms with Crippen LogP contribution >= 0.6 is 0 Å². The maximum absolute atomic E-state index is 12.7. The monoisotopic (exact) mass is 372 g/mol. The van der Waals surface area contributed by atoms with Crippen LogP contribution in [0.4, 0.5) is 11.4 Å². The lowest BCUT2D eigenvalue weighted by atomic mass is 10.1. The number of aromatic nitrogens is 2. The molecule has 9 heteroatoms. The zero-order valence-electron chi connectivity index (χ0n) is 14.1. The first kappa shape index (κ1) is 17.6. The van der Waals surface area contributed by atoms with Gasteiger partial charge in [0.1, 0.15) is 5.69 Å². The highest BCUT2D eigenvalue weighted by Crippen LogP contribution is 2.28. The van der Waals surface area contributed by atoms with Crippen molar-refractivity contribution in [1.82, 2.24) is 9.55 Å². The van der Waals surface area contributed by atoms with Gasteiger partial charge >= 0.3 is 0 Å². The third-order valence-corrected chi connectivity index (χ3v) is 5.23. The Labute approximate surface area is 150 Å². The number of sulfonamides is 1. The average molecular weight is 372 g/mol. The second kappa shape index (κ2) is 6.60. The molecule has 0 bridgehead atoms. The molecule has 0 aliphatic rings. The third-order valence-electron chi connectivity index (χ3n) is 3.86. The molecular weight excluding hydrogens is 356 g/mol. The van der Waals surface area contributed by atoms with Gasteiger partial charge in [0.15, 0.2) is 0 Å². The molecule has 8 nitrogen and oxygen atoms in total. The van der Waals surface area contributed by atoms with Crippen molar-refractivity contribution in [2.45, 2.75) is 18.7 Å². The number of rotatable bonds is 5. The van der Waals surface area contributed by atoms with Gasteiger partial charge in [-0.3, -0.25) is 14.8 Å². The van der Waals surface area contributed by atoms with Crippen LogP contribution in [0.5, 0.6) is 0 Å². The standard InChI is InChI=1S/C17H16N4O4S/c1-12-3-5-15(13(2)9-12)19-26(24,25)14-4-6-16(17(10-14)21(22)23)20-8-7-18-11-20/h3-11,19H,1-2H3. The SMILES string of the molecule is Cc1ccc(NS(=O)(=O)c2ccc(-n3ccnc3)c([N+](=O)[O-])c2)c(C)c1. The molecule has 0 atom stereocenters. The largest absolute Gasteiger partial charge is 0.300 e. The fourth-order valence-electron chi connectivity index (χ4n) is 2.57. The van der Waals surface area contributed by atoms with Crippen LogP contribution in [0.1, 0.15) is 11.1 Å². The number of nitro groups is 1. The second-order valence-corrected chi connectivity index (χ2v) is 7.48. The number of nitrogens with zero attached hydrogens (tertiary/aromatic N) is 3. The Morgan fingerprint density at radius 1 is 1.15 bits per heavy atom. The van der Waals surface area contributed by atoms with Gasteiger partial charge in [0, 0.05) is 18.5 Å². The molecule has 1 aromatic heterocycles. The van der Waals surface area contributed by atoms with Gasteiger partial charge in [-0.2, -0.15) is 0 Å². The first-order valence-electron chi connectivity index (χ1n) is 7.65. The Morgan fingerprint density at radius 2 is 1.92 bits per heavy atom. The van der Waals surface area contributed by atoms with E-state index in [9.17, 15) is 18.5 Å². The summed E-state index contributed by atoms with van der Waals surface area (Å²) in [5.41, 5.74) is 2.10. The van der Waals surface area contributed by atoms with Crippen LogP contribution in [0.15, 0.2) is 60.0 Å². The van der Waals surface area contributed by atoms with Crippen LogP contribution in [-0.4, -0.2) is 22.9 Å². The molecule has 1 heterocycles. The van der Waals surface area contributed by atoms with Crippen molar-refractivity contribution in [2.24, 2.45) is 0 Å². The highest BCUT2D eigenvalue weighted by Gasteiger charge is 2.22. The predicted octanol–water partition coefficient (Wildman–Crippen LogP) is 3.20. The zero-order valence-corrected chi connectivity index (χ0v) is 14.9. The summed E-state index contributed by atoms with van der Waals surface area (Å²) < 4.78 is 29.2. The molecule has 3 rings (SSSR count). The van der Waals surface area contributed by atoms with Gasteiger partial charge in [0.2, 0.25) is 0 Å². The zero-order chi connectivity index (χ0) is 18.9. The van der Waals surface area contributed by atoms with Gasteiger partial charge in [0.05, 0.1) is 21.8 Å². The van der Waals surface area contributed by atoms with Gasteiger partial charge in [-0.05, 0) is 37.6 Å². The van der Waals surface area contributed by atoms with Crippen molar-refractivity contribution in [2.75, 3.05) is 4.72 Å². The molecule has 26 heavy (non-hydrogen) atoms. The molecule has 3 aromatic rings. The summed E-state index contributed by atoms with van der Waals surface area (Å²) in [4.78, 5) is 14.4. The van der Waals surface area contributed by atoms with Gasteiger partial charge in [-0.25, -0.2) is 13.4 Å². The first-order valence-corrected chi connectivity index (χ1v) is 9.13. The highest BCUT2D eigenvalue weighted by atomic mass is 32.2. The summed E-state index contributed by atoms with van der Waals surface area (Å²) in [5.74, 6) is 0. The molecule has 0 saturated carbocycles. The van der Waals surface area contributed by atoms with E-state index in [4.69, 9.17) is 0 Å². The number of anilines is 1. The molecule has 2 aromatic carbocycles. The van der Waals surface area contributed by atoms with E-state index in [0.29, 0.717) is 5.69 Å². The van der Waals surface area contributed by atoms with E-state index in [0.717, 1.165) is 17.2 Å². The van der Waals surface area contributed by atoms with Crippen LogP contribution in [0.2, 0.25) is 0 Å². The van der Waals surface area contributed by atoms with Gasteiger partial charge < -0.3 is 4.57 Å². The minimum Gasteiger partial charge on any atom is -0.300 e. The molecule has 0 aliphatic carbocycles. The van der Waals surface area contributed by atoms with Crippen molar-refractivity contribution < 1.29 is 13.3 Å². The second-order valence-electron chi connectivity index (χ2n) is 5.80. The Balaban J connectivity index is 2.02. The maximum Gasteiger partial charge on any atom is 0.294 e. The fraction of sp³-hybridized carbons (Fsp3) is 0.118. The van der Waals surface area contributed by atoms with Crippen LogP contribution in [0, 0.1) is 24.0 Å². The van der Waals surface area contributed by atoms with E-state index in [1.807, 2.05) is 13.0 Å². The van der Waals surface area contributed by atoms with Crippen molar-refractivity contribution >= 4 is 21.4 Å². The number of benzene rings is 2. The minimum atomic E-state index is -3.97. The van der Waals surface area contributed by atoms with Crippen molar-refractivity contribution in [3.8, 4) is 5.69 Å². The molecule has 0 unspecified atom stereocenters. The summed E-state index contributed by atoms with van der Waals surface area (Å²) in [7, 11) is -3.97. The number of imidazole rings is 1. The normalized spacial score (nSPS) is 11.3. The minimum absolute atomic E-state index is 0.187. The molecule has 0 fully saturated rings. The van der Waals surface area contributed by atoms with Gasteiger partial charge in [0.25, 0.3) is 15.7 Å². The first-order chi connectivity index (χ1) is 12.3. The van der Waals surface area contributed by atoms with E-state index in [-0.39, 0.29) is 16.3 Å². The predicted molar refractivity (Wildman–Crippen MR) is 96.9 cm³/mol. The number of aryl methyl sites for hydroxylation is 2. The van der Waals surface area contributed by atoms with Crippen molar-refractivity contribution in [3.05, 3.63) is 76.4 Å². The quantitative estimate of drug-likeness (QED) is 0.547. The topological polar surface area (TPSA) is 107 Å². The fourth-order valence-corrected chi connectivity index (χ4v) is 3.72. The molecule has 134 valence electrons. The van der Waals surface area contributed by atoms with Crippen LogP contribution < -0.4 is 4.72 Å². The van der Waals surface area contributed by atoms with E-state index in [1.165, 1.54) is 29.2 Å². The summed E-state index contributed by atoms with van der Waals surface area (Å²) in [6, 6.07) is 9.06. The van der Waals surface area contributed by atoms with Gasteiger partial charge in [-0.1, -0.05) is 17.7 Å². The highest BCUT2D eigenvalue weighted by molar-refractivity contribution is 7.92. The lowest BCUT2D eigenvalue weighted by molar-refractivity contribution is -0.384. The molecule has 0 saturated heterocycles. The maximum atomic E-state index is 12.7. The summed E-state index contributed by atoms with van der Waals surface area (Å²) in [5, 5.41) is 11.4. The number of nitrogens with one attached hydrogen (secondary N) is 1. The Kier molecular flexibility index (Phi) is 4.47. The van der Waals surface area contributed by atoms with Crippen LogP contribution in [0.25, 0.3) is 5.69 Å². The number of hydrogen-bond acceptors (Lipinski definition) is 5. The van der Waals surface area contributed by atoms with E-state index in [2.05, 4.69) is 9.71 Å². The molecule has 0 spiro atoms. The summed E-state index contributed by atoms with van der Waals surface area (Å²) in [6.45, 7) is 3.69. The smallest absolute Gasteiger partial charge is 0.294 e. The Hall–Kier alpha value is -3.20. The number of nitro benzene ring substituents is 1. The van der Waals surface area contributed by atoms with E-state index in [1.54, 1.807) is 25.3 Å². The average Bonchev–Trinajstić information content (AvgIpc) is 3.11.